The third-order valence-corrected chi connectivity index (χ3v) is 6.71. The summed E-state index contributed by atoms with van der Waals surface area (Å²) in [5, 5.41) is 8.66. The summed E-state index contributed by atoms with van der Waals surface area (Å²) in [6.45, 7) is 5.49. The predicted octanol–water partition coefficient (Wildman–Crippen LogP) is 3.34. The number of rotatable bonds is 9. The molecule has 9 heteroatoms. The first-order chi connectivity index (χ1) is 14.6. The van der Waals surface area contributed by atoms with Gasteiger partial charge in [-0.2, -0.15) is 0 Å². The highest BCUT2D eigenvalue weighted by Gasteiger charge is 2.20. The van der Waals surface area contributed by atoms with Gasteiger partial charge in [0.15, 0.2) is 0 Å². The molecule has 0 spiro atoms. The summed E-state index contributed by atoms with van der Waals surface area (Å²) in [6, 6.07) is 10.2. The van der Waals surface area contributed by atoms with Crippen molar-refractivity contribution in [3.63, 3.8) is 0 Å². The molecule has 0 unspecified atom stereocenters. The van der Waals surface area contributed by atoms with Crippen LogP contribution in [-0.4, -0.2) is 45.2 Å². The van der Waals surface area contributed by atoms with Crippen molar-refractivity contribution < 1.29 is 18.0 Å². The number of amides is 2. The lowest BCUT2D eigenvalue weighted by molar-refractivity contribution is -0.116. The number of hydrogen-bond acceptors (Lipinski definition) is 5. The highest BCUT2D eigenvalue weighted by Crippen LogP contribution is 2.24. The van der Waals surface area contributed by atoms with E-state index < -0.39 is 10.0 Å². The molecule has 8 nitrogen and oxygen atoms in total. The van der Waals surface area contributed by atoms with Gasteiger partial charge < -0.3 is 16.0 Å². The van der Waals surface area contributed by atoms with E-state index in [1.54, 1.807) is 25.1 Å². The first-order valence-electron chi connectivity index (χ1n) is 10.0. The van der Waals surface area contributed by atoms with Crippen LogP contribution >= 0.6 is 0 Å². The smallest absolute Gasteiger partial charge is 0.243 e. The minimum atomic E-state index is -3.61. The second kappa shape index (κ2) is 10.4. The quantitative estimate of drug-likeness (QED) is 0.548. The van der Waals surface area contributed by atoms with E-state index in [9.17, 15) is 18.0 Å². The molecule has 0 heterocycles. The van der Waals surface area contributed by atoms with Crippen LogP contribution < -0.4 is 16.0 Å². The maximum atomic E-state index is 12.5. The van der Waals surface area contributed by atoms with E-state index in [0.29, 0.717) is 23.4 Å². The molecule has 31 heavy (non-hydrogen) atoms. The Morgan fingerprint density at radius 1 is 0.968 bits per heavy atom. The second-order valence-corrected chi connectivity index (χ2v) is 9.57. The Morgan fingerprint density at radius 3 is 2.29 bits per heavy atom. The Labute approximate surface area is 184 Å². The Balaban J connectivity index is 2.07. The zero-order valence-corrected chi connectivity index (χ0v) is 19.4. The van der Waals surface area contributed by atoms with Gasteiger partial charge in [-0.1, -0.05) is 19.1 Å². The zero-order chi connectivity index (χ0) is 23.2. The van der Waals surface area contributed by atoms with Crippen LogP contribution in [0.5, 0.6) is 0 Å². The topological polar surface area (TPSA) is 108 Å². The molecule has 0 radical (unpaired) electrons. The van der Waals surface area contributed by atoms with Crippen LogP contribution in [-0.2, 0) is 19.6 Å². The van der Waals surface area contributed by atoms with E-state index >= 15 is 0 Å². The first-order valence-corrected chi connectivity index (χ1v) is 11.5. The van der Waals surface area contributed by atoms with Crippen LogP contribution in [0.4, 0.5) is 17.1 Å². The number of sulfonamides is 1. The molecular weight excluding hydrogens is 416 g/mol. The SMILES string of the molecule is CCCC(=O)Nc1cccc(NCC(=O)Nc2ccc(C)c(S(=O)(=O)N(C)C)c2)c1C. The molecule has 2 rings (SSSR count). The highest BCUT2D eigenvalue weighted by molar-refractivity contribution is 7.89. The van der Waals surface area contributed by atoms with Crippen molar-refractivity contribution in [2.24, 2.45) is 0 Å². The Morgan fingerprint density at radius 2 is 1.65 bits per heavy atom. The number of carbonyl (C=O) groups is 2. The zero-order valence-electron chi connectivity index (χ0n) is 18.6. The molecular formula is C22H30N4O4S. The van der Waals surface area contributed by atoms with Crippen molar-refractivity contribution >= 4 is 38.9 Å². The van der Waals surface area contributed by atoms with Crippen LogP contribution in [0.25, 0.3) is 0 Å². The number of nitrogens with zero attached hydrogens (tertiary/aromatic N) is 1. The summed E-state index contributed by atoms with van der Waals surface area (Å²) in [5.41, 5.74) is 3.25. The Hall–Kier alpha value is -2.91. The first kappa shape index (κ1) is 24.4. The summed E-state index contributed by atoms with van der Waals surface area (Å²) in [7, 11) is -0.687. The maximum absolute atomic E-state index is 12.5. The van der Waals surface area contributed by atoms with Gasteiger partial charge in [-0.25, -0.2) is 12.7 Å². The maximum Gasteiger partial charge on any atom is 0.243 e. The van der Waals surface area contributed by atoms with Gasteiger partial charge in [-0.15, -0.1) is 0 Å². The van der Waals surface area contributed by atoms with Crippen molar-refractivity contribution in [2.45, 2.75) is 38.5 Å². The number of carbonyl (C=O) groups excluding carboxylic acids is 2. The third kappa shape index (κ3) is 6.28. The Kier molecular flexibility index (Phi) is 8.18. The predicted molar refractivity (Wildman–Crippen MR) is 124 cm³/mol. The number of anilines is 3. The fourth-order valence-corrected chi connectivity index (χ4v) is 4.08. The van der Waals surface area contributed by atoms with Gasteiger partial charge >= 0.3 is 0 Å². The minimum absolute atomic E-state index is 0.0170. The van der Waals surface area contributed by atoms with E-state index in [1.165, 1.54) is 20.2 Å². The molecule has 0 fully saturated rings. The molecule has 0 aliphatic heterocycles. The standard InChI is InChI=1S/C22H30N4O4S/c1-6-8-21(27)25-19-10-7-9-18(16(19)3)23-14-22(28)24-17-12-11-15(2)20(13-17)31(29,30)26(4)5/h7,9-13,23H,6,8,14H2,1-5H3,(H,24,28)(H,25,27). The monoisotopic (exact) mass is 446 g/mol. The van der Waals surface area contributed by atoms with Crippen LogP contribution in [0.15, 0.2) is 41.3 Å². The number of nitrogens with one attached hydrogen (secondary N) is 3. The molecule has 0 saturated heterocycles. The van der Waals surface area contributed by atoms with Gasteiger partial charge in [-0.05, 0) is 55.7 Å². The van der Waals surface area contributed by atoms with Crippen molar-refractivity contribution in [1.29, 1.82) is 0 Å². The van der Waals surface area contributed by atoms with E-state index in [1.807, 2.05) is 26.0 Å². The largest absolute Gasteiger partial charge is 0.376 e. The van der Waals surface area contributed by atoms with Gasteiger partial charge in [0.2, 0.25) is 21.8 Å². The normalized spacial score (nSPS) is 11.3. The van der Waals surface area contributed by atoms with Crippen molar-refractivity contribution in [1.82, 2.24) is 4.31 Å². The number of aryl methyl sites for hydroxylation is 1. The van der Waals surface area contributed by atoms with Gasteiger partial charge in [-0.3, -0.25) is 9.59 Å². The van der Waals surface area contributed by atoms with E-state index in [-0.39, 0.29) is 23.3 Å². The van der Waals surface area contributed by atoms with Gasteiger partial charge in [0.25, 0.3) is 0 Å². The summed E-state index contributed by atoms with van der Waals surface area (Å²) in [5.74, 6) is -0.375. The molecule has 168 valence electrons. The van der Waals surface area contributed by atoms with E-state index in [2.05, 4.69) is 16.0 Å². The summed E-state index contributed by atoms with van der Waals surface area (Å²) < 4.78 is 26.1. The van der Waals surface area contributed by atoms with Crippen LogP contribution in [0.2, 0.25) is 0 Å². The lowest BCUT2D eigenvalue weighted by Crippen LogP contribution is -2.24. The van der Waals surface area contributed by atoms with Crippen LogP contribution in [0, 0.1) is 13.8 Å². The van der Waals surface area contributed by atoms with Gasteiger partial charge in [0.05, 0.1) is 11.4 Å². The molecule has 0 aliphatic carbocycles. The van der Waals surface area contributed by atoms with Crippen LogP contribution in [0.1, 0.15) is 30.9 Å². The molecule has 2 amide bonds. The minimum Gasteiger partial charge on any atom is -0.376 e. The Bertz CT molecular complexity index is 1070. The molecule has 2 aromatic rings. The third-order valence-electron chi connectivity index (χ3n) is 4.75. The molecule has 0 atom stereocenters. The molecule has 2 aromatic carbocycles. The number of benzene rings is 2. The lowest BCUT2D eigenvalue weighted by atomic mass is 10.1. The van der Waals surface area contributed by atoms with Crippen molar-refractivity contribution in [2.75, 3.05) is 36.6 Å². The number of hydrogen-bond donors (Lipinski definition) is 3. The lowest BCUT2D eigenvalue weighted by Gasteiger charge is -2.16. The summed E-state index contributed by atoms with van der Waals surface area (Å²) in [4.78, 5) is 24.4. The van der Waals surface area contributed by atoms with Crippen molar-refractivity contribution in [3.05, 3.63) is 47.5 Å². The highest BCUT2D eigenvalue weighted by atomic mass is 32.2. The average molecular weight is 447 g/mol. The van der Waals surface area contributed by atoms with Gasteiger partial charge in [0, 0.05) is 37.6 Å². The average Bonchev–Trinajstić information content (AvgIpc) is 2.70. The second-order valence-electron chi connectivity index (χ2n) is 7.45. The fourth-order valence-electron chi connectivity index (χ4n) is 2.94. The van der Waals surface area contributed by atoms with Crippen molar-refractivity contribution in [3.8, 4) is 0 Å². The molecule has 0 saturated carbocycles. The summed E-state index contributed by atoms with van der Waals surface area (Å²) >= 11 is 0. The van der Waals surface area contributed by atoms with Crippen LogP contribution in [0.3, 0.4) is 0 Å². The molecule has 0 aromatic heterocycles. The van der Waals surface area contributed by atoms with E-state index in [4.69, 9.17) is 0 Å². The van der Waals surface area contributed by atoms with Gasteiger partial charge in [0.1, 0.15) is 0 Å². The molecule has 3 N–H and O–H groups in total. The summed E-state index contributed by atoms with van der Waals surface area (Å²) in [6.07, 6.45) is 1.21. The molecule has 0 aliphatic rings. The molecule has 0 bridgehead atoms. The van der Waals surface area contributed by atoms with E-state index in [0.717, 1.165) is 22.0 Å². The fraction of sp³-hybridized carbons (Fsp3) is 0.364.